The van der Waals surface area contributed by atoms with E-state index >= 15 is 0 Å². The van der Waals surface area contributed by atoms with Gasteiger partial charge in [-0.15, -0.1) is 0 Å². The Labute approximate surface area is 136 Å². The number of benzene rings is 1. The molecule has 1 saturated carbocycles. The molecule has 5 nitrogen and oxygen atoms in total. The molecule has 5 heteroatoms. The van der Waals surface area contributed by atoms with Crippen LogP contribution in [0, 0.1) is 0 Å². The third kappa shape index (κ3) is 4.42. The highest BCUT2D eigenvalue weighted by molar-refractivity contribution is 5.76. The van der Waals surface area contributed by atoms with E-state index in [2.05, 4.69) is 10.4 Å². The largest absolute Gasteiger partial charge is 0.353 e. The maximum atomic E-state index is 12.1. The van der Waals surface area contributed by atoms with Gasteiger partial charge in [-0.3, -0.25) is 4.79 Å². The quantitative estimate of drug-likeness (QED) is 0.889. The average Bonchev–Trinajstić information content (AvgIpc) is 3.05. The van der Waals surface area contributed by atoms with E-state index in [1.165, 1.54) is 0 Å². The molecule has 1 fully saturated rings. The Balaban J connectivity index is 1.47. The lowest BCUT2D eigenvalue weighted by molar-refractivity contribution is -0.122. The third-order valence-electron chi connectivity index (χ3n) is 4.43. The van der Waals surface area contributed by atoms with E-state index in [4.69, 9.17) is 5.73 Å². The number of carbonyl (C=O) groups is 1. The van der Waals surface area contributed by atoms with Crippen LogP contribution in [0.15, 0.2) is 42.7 Å². The number of aryl methyl sites for hydroxylation is 1. The fourth-order valence-electron chi connectivity index (χ4n) is 3.03. The number of carbonyl (C=O) groups excluding carboxylic acids is 1. The predicted molar refractivity (Wildman–Crippen MR) is 90.3 cm³/mol. The van der Waals surface area contributed by atoms with Gasteiger partial charge >= 0.3 is 0 Å². The summed E-state index contributed by atoms with van der Waals surface area (Å²) in [6.45, 7) is 0. The number of hydrogen-bond donors (Lipinski definition) is 2. The lowest BCUT2D eigenvalue weighted by Crippen LogP contribution is -2.40. The van der Waals surface area contributed by atoms with Crippen molar-refractivity contribution in [3.05, 3.63) is 48.3 Å². The number of nitrogens with zero attached hydrogens (tertiary/aromatic N) is 2. The second kappa shape index (κ2) is 7.42. The maximum Gasteiger partial charge on any atom is 0.220 e. The van der Waals surface area contributed by atoms with E-state index < -0.39 is 0 Å². The van der Waals surface area contributed by atoms with Crippen molar-refractivity contribution in [2.24, 2.45) is 5.73 Å². The second-order valence-electron chi connectivity index (χ2n) is 6.31. The summed E-state index contributed by atoms with van der Waals surface area (Å²) in [7, 11) is 0. The zero-order valence-corrected chi connectivity index (χ0v) is 13.3. The Hall–Kier alpha value is -2.14. The summed E-state index contributed by atoms with van der Waals surface area (Å²) in [4.78, 5) is 12.1. The van der Waals surface area contributed by atoms with Gasteiger partial charge in [-0.1, -0.05) is 18.2 Å². The molecule has 0 bridgehead atoms. The minimum Gasteiger partial charge on any atom is -0.353 e. The summed E-state index contributed by atoms with van der Waals surface area (Å²) >= 11 is 0. The Morgan fingerprint density at radius 3 is 2.70 bits per heavy atom. The van der Waals surface area contributed by atoms with Gasteiger partial charge in [0, 0.05) is 24.7 Å². The molecule has 3 rings (SSSR count). The van der Waals surface area contributed by atoms with Crippen LogP contribution in [0.25, 0.3) is 5.69 Å². The van der Waals surface area contributed by atoms with Gasteiger partial charge in [0.2, 0.25) is 5.91 Å². The van der Waals surface area contributed by atoms with E-state index in [1.54, 1.807) is 0 Å². The molecule has 1 heterocycles. The fraction of sp³-hybridized carbons (Fsp3) is 0.444. The standard InChI is InChI=1S/C18H24N4O/c19-15-7-9-16(10-8-15)21-18(23)11-6-14-12-20-22(13-14)17-4-2-1-3-5-17/h1-5,12-13,15-16H,6-11,19H2,(H,21,23). The monoisotopic (exact) mass is 312 g/mol. The van der Waals surface area contributed by atoms with Crippen LogP contribution >= 0.6 is 0 Å². The SMILES string of the molecule is NC1CCC(NC(=O)CCc2cnn(-c3ccccc3)c2)CC1. The first kappa shape index (κ1) is 15.7. The minimum absolute atomic E-state index is 0.123. The van der Waals surface area contributed by atoms with Crippen molar-refractivity contribution < 1.29 is 4.79 Å². The van der Waals surface area contributed by atoms with Crippen molar-refractivity contribution in [1.82, 2.24) is 15.1 Å². The van der Waals surface area contributed by atoms with Gasteiger partial charge in [0.15, 0.2) is 0 Å². The second-order valence-corrected chi connectivity index (χ2v) is 6.31. The van der Waals surface area contributed by atoms with Gasteiger partial charge in [-0.25, -0.2) is 4.68 Å². The highest BCUT2D eigenvalue weighted by Crippen LogP contribution is 2.17. The van der Waals surface area contributed by atoms with Crippen molar-refractivity contribution >= 4 is 5.91 Å². The predicted octanol–water partition coefficient (Wildman–Crippen LogP) is 2.19. The third-order valence-corrected chi connectivity index (χ3v) is 4.43. The van der Waals surface area contributed by atoms with E-state index in [0.717, 1.165) is 36.9 Å². The highest BCUT2D eigenvalue weighted by Gasteiger charge is 2.19. The molecular weight excluding hydrogens is 288 g/mol. The van der Waals surface area contributed by atoms with Crippen LogP contribution in [0.5, 0.6) is 0 Å². The summed E-state index contributed by atoms with van der Waals surface area (Å²) in [5.74, 6) is 0.123. The first-order valence-corrected chi connectivity index (χ1v) is 8.34. The zero-order valence-electron chi connectivity index (χ0n) is 13.3. The summed E-state index contributed by atoms with van der Waals surface area (Å²) in [6.07, 6.45) is 9.05. The molecule has 3 N–H and O–H groups in total. The number of rotatable bonds is 5. The van der Waals surface area contributed by atoms with Gasteiger partial charge in [-0.05, 0) is 49.8 Å². The van der Waals surface area contributed by atoms with Gasteiger partial charge < -0.3 is 11.1 Å². The molecule has 0 radical (unpaired) electrons. The summed E-state index contributed by atoms with van der Waals surface area (Å²) in [6, 6.07) is 10.6. The number of amides is 1. The topological polar surface area (TPSA) is 72.9 Å². The van der Waals surface area contributed by atoms with E-state index in [0.29, 0.717) is 24.9 Å². The van der Waals surface area contributed by atoms with Crippen LogP contribution in [-0.4, -0.2) is 27.8 Å². The Morgan fingerprint density at radius 1 is 1.22 bits per heavy atom. The maximum absolute atomic E-state index is 12.1. The molecule has 1 aromatic heterocycles. The van der Waals surface area contributed by atoms with Crippen molar-refractivity contribution in [3.63, 3.8) is 0 Å². The first-order chi connectivity index (χ1) is 11.2. The highest BCUT2D eigenvalue weighted by atomic mass is 16.1. The van der Waals surface area contributed by atoms with Crippen molar-refractivity contribution in [3.8, 4) is 5.69 Å². The molecule has 1 amide bonds. The molecule has 0 aliphatic heterocycles. The number of hydrogen-bond acceptors (Lipinski definition) is 3. The molecular formula is C18H24N4O. The summed E-state index contributed by atoms with van der Waals surface area (Å²) in [5.41, 5.74) is 8.00. The minimum atomic E-state index is 0.123. The van der Waals surface area contributed by atoms with E-state index in [-0.39, 0.29) is 5.91 Å². The van der Waals surface area contributed by atoms with Crippen LogP contribution in [0.1, 0.15) is 37.7 Å². The molecule has 0 spiro atoms. The molecule has 0 saturated heterocycles. The van der Waals surface area contributed by atoms with Crippen LogP contribution in [0.2, 0.25) is 0 Å². The molecule has 1 aromatic carbocycles. The average molecular weight is 312 g/mol. The number of aromatic nitrogens is 2. The zero-order chi connectivity index (χ0) is 16.1. The number of para-hydroxylation sites is 1. The Kier molecular flexibility index (Phi) is 5.08. The fourth-order valence-corrected chi connectivity index (χ4v) is 3.03. The molecule has 23 heavy (non-hydrogen) atoms. The van der Waals surface area contributed by atoms with Crippen molar-refractivity contribution in [2.45, 2.75) is 50.6 Å². The molecule has 2 aromatic rings. The van der Waals surface area contributed by atoms with Gasteiger partial charge in [-0.2, -0.15) is 5.10 Å². The number of nitrogens with one attached hydrogen (secondary N) is 1. The van der Waals surface area contributed by atoms with Crippen molar-refractivity contribution in [2.75, 3.05) is 0 Å². The molecule has 1 aliphatic carbocycles. The van der Waals surface area contributed by atoms with E-state index in [1.807, 2.05) is 47.4 Å². The van der Waals surface area contributed by atoms with Gasteiger partial charge in [0.05, 0.1) is 11.9 Å². The molecule has 0 unspecified atom stereocenters. The van der Waals surface area contributed by atoms with Crippen LogP contribution in [0.3, 0.4) is 0 Å². The smallest absolute Gasteiger partial charge is 0.220 e. The van der Waals surface area contributed by atoms with Gasteiger partial charge in [0.25, 0.3) is 0 Å². The van der Waals surface area contributed by atoms with Crippen LogP contribution in [0.4, 0.5) is 0 Å². The summed E-state index contributed by atoms with van der Waals surface area (Å²) < 4.78 is 1.84. The normalized spacial score (nSPS) is 21.1. The summed E-state index contributed by atoms with van der Waals surface area (Å²) in [5, 5.41) is 7.49. The Morgan fingerprint density at radius 2 is 1.96 bits per heavy atom. The molecule has 1 aliphatic rings. The lowest BCUT2D eigenvalue weighted by Gasteiger charge is -2.26. The van der Waals surface area contributed by atoms with Crippen molar-refractivity contribution in [1.29, 1.82) is 0 Å². The van der Waals surface area contributed by atoms with Gasteiger partial charge in [0.1, 0.15) is 0 Å². The lowest BCUT2D eigenvalue weighted by atomic mass is 9.92. The molecule has 122 valence electrons. The first-order valence-electron chi connectivity index (χ1n) is 8.34. The molecule has 0 atom stereocenters. The number of nitrogens with two attached hydrogens (primary N) is 1. The van der Waals surface area contributed by atoms with Crippen LogP contribution < -0.4 is 11.1 Å². The van der Waals surface area contributed by atoms with Crippen LogP contribution in [-0.2, 0) is 11.2 Å². The Bertz CT molecular complexity index is 629. The van der Waals surface area contributed by atoms with E-state index in [9.17, 15) is 4.79 Å².